The van der Waals surface area contributed by atoms with Crippen LogP contribution in [-0.2, 0) is 4.79 Å². The van der Waals surface area contributed by atoms with Gasteiger partial charge in [-0.1, -0.05) is 6.42 Å². The normalized spacial score (nSPS) is 44.2. The van der Waals surface area contributed by atoms with E-state index in [-0.39, 0.29) is 11.8 Å². The Labute approximate surface area is 60.8 Å². The van der Waals surface area contributed by atoms with E-state index in [1.807, 2.05) is 0 Å². The van der Waals surface area contributed by atoms with Gasteiger partial charge in [-0.3, -0.25) is 4.79 Å². The topological polar surface area (TPSA) is 43.1 Å². The summed E-state index contributed by atoms with van der Waals surface area (Å²) < 4.78 is 0. The predicted octanol–water partition coefficient (Wildman–Crippen LogP) is 0.908. The maximum atomic E-state index is 10.8. The summed E-state index contributed by atoms with van der Waals surface area (Å²) in [5.41, 5.74) is 5.25. The lowest BCUT2D eigenvalue weighted by atomic mass is 9.88. The second-order valence-corrected chi connectivity index (χ2v) is 3.68. The van der Waals surface area contributed by atoms with E-state index < -0.39 is 0 Å². The van der Waals surface area contributed by atoms with Crippen LogP contribution in [0, 0.1) is 17.8 Å². The first-order valence-electron chi connectivity index (χ1n) is 4.06. The van der Waals surface area contributed by atoms with Crippen molar-refractivity contribution in [3.05, 3.63) is 0 Å². The third kappa shape index (κ3) is 0.746. The summed E-state index contributed by atoms with van der Waals surface area (Å²) in [6.07, 6.45) is 4.94. The Morgan fingerprint density at radius 3 is 2.40 bits per heavy atom. The van der Waals surface area contributed by atoms with Crippen molar-refractivity contribution in [2.45, 2.75) is 25.7 Å². The molecule has 2 aliphatic rings. The van der Waals surface area contributed by atoms with E-state index in [0.717, 1.165) is 12.3 Å². The van der Waals surface area contributed by atoms with E-state index in [1.54, 1.807) is 0 Å². The molecule has 2 heteroatoms. The van der Waals surface area contributed by atoms with Crippen LogP contribution in [0.3, 0.4) is 0 Å². The van der Waals surface area contributed by atoms with Gasteiger partial charge in [0, 0.05) is 5.92 Å². The van der Waals surface area contributed by atoms with Crippen LogP contribution >= 0.6 is 0 Å². The summed E-state index contributed by atoms with van der Waals surface area (Å²) in [6.45, 7) is 0. The molecule has 2 unspecified atom stereocenters. The van der Waals surface area contributed by atoms with Crippen LogP contribution in [0.25, 0.3) is 0 Å². The SMILES string of the molecule is NC(=O)[C@H]1CC2CCC1C2. The molecule has 2 N–H and O–H groups in total. The molecule has 3 atom stereocenters. The highest BCUT2D eigenvalue weighted by atomic mass is 16.1. The number of fused-ring (bicyclic) bond motifs is 2. The van der Waals surface area contributed by atoms with Crippen LogP contribution in [-0.4, -0.2) is 5.91 Å². The fraction of sp³-hybridized carbons (Fsp3) is 0.875. The van der Waals surface area contributed by atoms with Crippen molar-refractivity contribution >= 4 is 5.91 Å². The molecule has 2 rings (SSSR count). The lowest BCUT2D eigenvalue weighted by molar-refractivity contribution is -0.123. The summed E-state index contributed by atoms with van der Waals surface area (Å²) in [5.74, 6) is 1.66. The lowest BCUT2D eigenvalue weighted by Gasteiger charge is -2.17. The van der Waals surface area contributed by atoms with E-state index in [1.165, 1.54) is 19.3 Å². The van der Waals surface area contributed by atoms with Crippen LogP contribution in [0.4, 0.5) is 0 Å². The molecule has 0 spiro atoms. The zero-order valence-corrected chi connectivity index (χ0v) is 6.05. The van der Waals surface area contributed by atoms with Gasteiger partial charge in [-0.15, -0.1) is 0 Å². The van der Waals surface area contributed by atoms with Crippen LogP contribution in [0.15, 0.2) is 0 Å². The minimum absolute atomic E-state index is 0.0628. The highest BCUT2D eigenvalue weighted by Gasteiger charge is 2.41. The molecular formula is C8H13NO. The van der Waals surface area contributed by atoms with Crippen molar-refractivity contribution in [2.24, 2.45) is 23.5 Å². The van der Waals surface area contributed by atoms with E-state index in [0.29, 0.717) is 5.92 Å². The quantitative estimate of drug-likeness (QED) is 0.576. The van der Waals surface area contributed by atoms with Gasteiger partial charge in [-0.25, -0.2) is 0 Å². The van der Waals surface area contributed by atoms with E-state index in [9.17, 15) is 4.79 Å². The number of carbonyl (C=O) groups is 1. The number of primary amides is 1. The zero-order valence-electron chi connectivity index (χ0n) is 6.05. The van der Waals surface area contributed by atoms with E-state index in [2.05, 4.69) is 0 Å². The third-order valence-corrected chi connectivity index (χ3v) is 3.10. The van der Waals surface area contributed by atoms with Gasteiger partial charge in [0.1, 0.15) is 0 Å². The first-order chi connectivity index (χ1) is 4.77. The summed E-state index contributed by atoms with van der Waals surface area (Å²) in [6, 6.07) is 0. The molecular weight excluding hydrogens is 126 g/mol. The van der Waals surface area contributed by atoms with Crippen LogP contribution in [0.1, 0.15) is 25.7 Å². The third-order valence-electron chi connectivity index (χ3n) is 3.10. The first-order valence-corrected chi connectivity index (χ1v) is 4.06. The second kappa shape index (κ2) is 1.97. The van der Waals surface area contributed by atoms with Gasteiger partial charge >= 0.3 is 0 Å². The van der Waals surface area contributed by atoms with Gasteiger partial charge in [0.2, 0.25) is 5.91 Å². The molecule has 2 nitrogen and oxygen atoms in total. The van der Waals surface area contributed by atoms with E-state index >= 15 is 0 Å². The van der Waals surface area contributed by atoms with Crippen molar-refractivity contribution in [1.82, 2.24) is 0 Å². The maximum Gasteiger partial charge on any atom is 0.220 e. The van der Waals surface area contributed by atoms with Gasteiger partial charge < -0.3 is 5.73 Å². The van der Waals surface area contributed by atoms with Crippen molar-refractivity contribution in [3.8, 4) is 0 Å². The second-order valence-electron chi connectivity index (χ2n) is 3.68. The number of nitrogens with two attached hydrogens (primary N) is 1. The largest absolute Gasteiger partial charge is 0.369 e. The Morgan fingerprint density at radius 1 is 1.30 bits per heavy atom. The molecule has 2 fully saturated rings. The van der Waals surface area contributed by atoms with Gasteiger partial charge in [-0.2, -0.15) is 0 Å². The Morgan fingerprint density at radius 2 is 2.10 bits per heavy atom. The standard InChI is InChI=1S/C8H13NO/c9-8(10)7-4-5-1-2-6(7)3-5/h5-7H,1-4H2,(H2,9,10)/t5?,6?,7-/m0/s1. The first kappa shape index (κ1) is 6.20. The monoisotopic (exact) mass is 139 g/mol. The number of hydrogen-bond acceptors (Lipinski definition) is 1. The highest BCUT2D eigenvalue weighted by Crippen LogP contribution is 2.47. The fourth-order valence-corrected chi connectivity index (χ4v) is 2.59. The fourth-order valence-electron chi connectivity index (χ4n) is 2.59. The number of carbonyl (C=O) groups excluding carboxylic acids is 1. The number of amides is 1. The Kier molecular flexibility index (Phi) is 1.22. The average Bonchev–Trinajstić information content (AvgIpc) is 2.44. The van der Waals surface area contributed by atoms with Crippen molar-refractivity contribution in [1.29, 1.82) is 0 Å². The Balaban J connectivity index is 2.08. The predicted molar refractivity (Wildman–Crippen MR) is 38.1 cm³/mol. The molecule has 10 heavy (non-hydrogen) atoms. The lowest BCUT2D eigenvalue weighted by Crippen LogP contribution is -2.27. The molecule has 2 bridgehead atoms. The molecule has 56 valence electrons. The summed E-state index contributed by atoms with van der Waals surface area (Å²) in [4.78, 5) is 10.8. The molecule has 0 aromatic heterocycles. The smallest absolute Gasteiger partial charge is 0.220 e. The Bertz CT molecular complexity index is 167. The summed E-state index contributed by atoms with van der Waals surface area (Å²) in [7, 11) is 0. The van der Waals surface area contributed by atoms with Crippen molar-refractivity contribution < 1.29 is 4.79 Å². The molecule has 1 amide bonds. The molecule has 0 heterocycles. The molecule has 0 aromatic carbocycles. The van der Waals surface area contributed by atoms with Gasteiger partial charge in [0.15, 0.2) is 0 Å². The molecule has 0 saturated heterocycles. The minimum atomic E-state index is -0.0628. The van der Waals surface area contributed by atoms with E-state index in [4.69, 9.17) is 5.73 Å². The highest BCUT2D eigenvalue weighted by molar-refractivity contribution is 5.77. The maximum absolute atomic E-state index is 10.8. The van der Waals surface area contributed by atoms with Gasteiger partial charge in [-0.05, 0) is 31.1 Å². The molecule has 0 aromatic rings. The molecule has 0 aliphatic heterocycles. The van der Waals surface area contributed by atoms with Gasteiger partial charge in [0.05, 0.1) is 0 Å². The average molecular weight is 139 g/mol. The molecule has 0 radical (unpaired) electrons. The van der Waals surface area contributed by atoms with Crippen molar-refractivity contribution in [2.75, 3.05) is 0 Å². The Hall–Kier alpha value is -0.530. The van der Waals surface area contributed by atoms with Gasteiger partial charge in [0.25, 0.3) is 0 Å². The zero-order chi connectivity index (χ0) is 7.14. The van der Waals surface area contributed by atoms with Crippen LogP contribution in [0.5, 0.6) is 0 Å². The van der Waals surface area contributed by atoms with Crippen LogP contribution in [0.2, 0.25) is 0 Å². The number of rotatable bonds is 1. The number of hydrogen-bond donors (Lipinski definition) is 1. The summed E-state index contributed by atoms with van der Waals surface area (Å²) in [5, 5.41) is 0. The van der Waals surface area contributed by atoms with Crippen molar-refractivity contribution in [3.63, 3.8) is 0 Å². The molecule has 2 aliphatic carbocycles. The molecule has 2 saturated carbocycles. The summed E-state index contributed by atoms with van der Waals surface area (Å²) >= 11 is 0. The minimum Gasteiger partial charge on any atom is -0.369 e. The van der Waals surface area contributed by atoms with Crippen LogP contribution < -0.4 is 5.73 Å².